The fourth-order valence-corrected chi connectivity index (χ4v) is 3.02. The first-order chi connectivity index (χ1) is 10.7. The van der Waals surface area contributed by atoms with Gasteiger partial charge in [0.05, 0.1) is 13.2 Å². The van der Waals surface area contributed by atoms with Crippen molar-refractivity contribution in [1.29, 1.82) is 0 Å². The van der Waals surface area contributed by atoms with Gasteiger partial charge in [-0.2, -0.15) is 0 Å². The van der Waals surface area contributed by atoms with Crippen LogP contribution in [-0.4, -0.2) is 37.6 Å². The average molecular weight is 315 g/mol. The summed E-state index contributed by atoms with van der Waals surface area (Å²) in [6.45, 7) is 13.3. The third-order valence-electron chi connectivity index (χ3n) is 4.53. The maximum atomic E-state index is 11.1. The second-order valence-corrected chi connectivity index (χ2v) is 7.06. The third kappa shape index (κ3) is 3.83. The molecule has 5 nitrogen and oxygen atoms in total. The molecule has 1 heterocycles. The van der Waals surface area contributed by atoms with Crippen LogP contribution < -0.4 is 5.32 Å². The maximum absolute atomic E-state index is 11.1. The van der Waals surface area contributed by atoms with Gasteiger partial charge in [-0.25, -0.2) is 4.85 Å². The van der Waals surface area contributed by atoms with E-state index in [0.29, 0.717) is 12.3 Å². The molecule has 1 aromatic rings. The molecule has 5 heteroatoms. The van der Waals surface area contributed by atoms with E-state index in [0.717, 1.165) is 17.7 Å². The number of hydrogen-bond acceptors (Lipinski definition) is 4. The highest BCUT2D eigenvalue weighted by molar-refractivity contribution is 5.66. The number of carbonyl (C=O) groups excluding carboxylic acids is 1. The molecule has 0 saturated carbocycles. The summed E-state index contributed by atoms with van der Waals surface area (Å²) in [5.74, 6) is -0.250. The van der Waals surface area contributed by atoms with Crippen molar-refractivity contribution in [2.24, 2.45) is 5.41 Å². The molecular formula is C18H25N3O2. The van der Waals surface area contributed by atoms with Crippen molar-refractivity contribution in [2.75, 3.05) is 26.0 Å². The minimum absolute atomic E-state index is 0.181. The molecule has 0 radical (unpaired) electrons. The van der Waals surface area contributed by atoms with Gasteiger partial charge in [-0.15, -0.1) is 0 Å². The van der Waals surface area contributed by atoms with Gasteiger partial charge in [-0.1, -0.05) is 19.9 Å². The van der Waals surface area contributed by atoms with E-state index in [2.05, 4.69) is 43.0 Å². The fraction of sp³-hybridized carbons (Fsp3) is 0.556. The van der Waals surface area contributed by atoms with Gasteiger partial charge in [-0.3, -0.25) is 4.79 Å². The molecule has 0 saturated heterocycles. The molecule has 1 aliphatic heterocycles. The SMILES string of the molecule is [C-]#[N+]c1ccc2c(c1)C(N(C)C)CC(C(C)(C)COC(C)=O)N2. The highest BCUT2D eigenvalue weighted by Crippen LogP contribution is 2.42. The van der Waals surface area contributed by atoms with Gasteiger partial charge in [0, 0.05) is 30.1 Å². The highest BCUT2D eigenvalue weighted by Gasteiger charge is 2.37. The van der Waals surface area contributed by atoms with Gasteiger partial charge < -0.3 is 15.0 Å². The first-order valence-corrected chi connectivity index (χ1v) is 7.82. The summed E-state index contributed by atoms with van der Waals surface area (Å²) in [4.78, 5) is 16.9. The number of nitrogens with zero attached hydrogens (tertiary/aromatic N) is 2. The van der Waals surface area contributed by atoms with Gasteiger partial charge in [0.25, 0.3) is 0 Å². The Morgan fingerprint density at radius 2 is 2.17 bits per heavy atom. The monoisotopic (exact) mass is 315 g/mol. The van der Waals surface area contributed by atoms with Gasteiger partial charge >= 0.3 is 5.97 Å². The van der Waals surface area contributed by atoms with Crippen LogP contribution in [0, 0.1) is 12.0 Å². The zero-order chi connectivity index (χ0) is 17.2. The predicted molar refractivity (Wildman–Crippen MR) is 91.6 cm³/mol. The standard InChI is InChI=1S/C18H25N3O2/c1-12(22)23-11-18(2,3)17-10-16(21(5)6)14-9-13(19-4)7-8-15(14)20-17/h7-9,16-17,20H,10-11H2,1-3,5-6H3. The Bertz CT molecular complexity index is 632. The smallest absolute Gasteiger partial charge is 0.302 e. The lowest BCUT2D eigenvalue weighted by atomic mass is 9.77. The Kier molecular flexibility index (Phi) is 4.96. The summed E-state index contributed by atoms with van der Waals surface area (Å²) in [6, 6.07) is 6.20. The molecule has 0 bridgehead atoms. The van der Waals surface area contributed by atoms with Crippen LogP contribution in [0.5, 0.6) is 0 Å². The number of carbonyl (C=O) groups is 1. The zero-order valence-electron chi connectivity index (χ0n) is 14.5. The van der Waals surface area contributed by atoms with Crippen LogP contribution in [0.2, 0.25) is 0 Å². The van der Waals surface area contributed by atoms with Crippen molar-refractivity contribution >= 4 is 17.3 Å². The lowest BCUT2D eigenvalue weighted by Crippen LogP contribution is -2.45. The van der Waals surface area contributed by atoms with Crippen molar-refractivity contribution in [3.8, 4) is 0 Å². The van der Waals surface area contributed by atoms with E-state index in [9.17, 15) is 4.79 Å². The summed E-state index contributed by atoms with van der Waals surface area (Å²) < 4.78 is 5.25. The summed E-state index contributed by atoms with van der Waals surface area (Å²) in [6.07, 6.45) is 0.899. The van der Waals surface area contributed by atoms with E-state index >= 15 is 0 Å². The molecule has 2 rings (SSSR count). The van der Waals surface area contributed by atoms with Crippen molar-refractivity contribution in [3.05, 3.63) is 35.2 Å². The van der Waals surface area contributed by atoms with E-state index < -0.39 is 0 Å². The first kappa shape index (κ1) is 17.3. The van der Waals surface area contributed by atoms with Crippen LogP contribution in [0.1, 0.15) is 38.8 Å². The predicted octanol–water partition coefficient (Wildman–Crippen LogP) is 3.61. The van der Waals surface area contributed by atoms with Gasteiger partial charge in [-0.05, 0) is 38.2 Å². The molecule has 0 fully saturated rings. The Morgan fingerprint density at radius 1 is 1.48 bits per heavy atom. The Hall–Kier alpha value is -2.06. The van der Waals surface area contributed by atoms with Crippen molar-refractivity contribution < 1.29 is 9.53 Å². The molecule has 0 spiro atoms. The van der Waals surface area contributed by atoms with Gasteiger partial charge in [0.2, 0.25) is 0 Å². The first-order valence-electron chi connectivity index (χ1n) is 7.82. The van der Waals surface area contributed by atoms with E-state index in [4.69, 9.17) is 11.3 Å². The maximum Gasteiger partial charge on any atom is 0.302 e. The number of anilines is 1. The minimum Gasteiger partial charge on any atom is -0.465 e. The van der Waals surface area contributed by atoms with Gasteiger partial charge in [0.15, 0.2) is 5.69 Å². The van der Waals surface area contributed by atoms with Crippen LogP contribution in [0.4, 0.5) is 11.4 Å². The number of hydrogen-bond donors (Lipinski definition) is 1. The summed E-state index contributed by atoms with van der Waals surface area (Å²) in [5, 5.41) is 3.58. The van der Waals surface area contributed by atoms with Crippen LogP contribution in [-0.2, 0) is 9.53 Å². The average Bonchev–Trinajstić information content (AvgIpc) is 2.51. The minimum atomic E-state index is -0.250. The molecule has 0 amide bonds. The van der Waals surface area contributed by atoms with Crippen LogP contribution >= 0.6 is 0 Å². The van der Waals surface area contributed by atoms with Crippen LogP contribution in [0.25, 0.3) is 4.85 Å². The number of rotatable bonds is 4. The topological polar surface area (TPSA) is 45.9 Å². The summed E-state index contributed by atoms with van der Waals surface area (Å²) in [5.41, 5.74) is 2.69. The van der Waals surface area contributed by atoms with E-state index in [1.807, 2.05) is 18.2 Å². The van der Waals surface area contributed by atoms with Crippen molar-refractivity contribution in [2.45, 2.75) is 39.3 Å². The molecule has 2 unspecified atom stereocenters. The Morgan fingerprint density at radius 3 is 2.74 bits per heavy atom. The quantitative estimate of drug-likeness (QED) is 0.681. The molecule has 1 aliphatic rings. The number of nitrogens with one attached hydrogen (secondary N) is 1. The third-order valence-corrected chi connectivity index (χ3v) is 4.53. The van der Waals surface area contributed by atoms with Crippen LogP contribution in [0.15, 0.2) is 18.2 Å². The fourth-order valence-electron chi connectivity index (χ4n) is 3.02. The number of ether oxygens (including phenoxy) is 1. The van der Waals surface area contributed by atoms with Crippen molar-refractivity contribution in [1.82, 2.24) is 4.90 Å². The molecule has 0 aliphatic carbocycles. The molecule has 2 atom stereocenters. The second-order valence-electron chi connectivity index (χ2n) is 7.06. The number of benzene rings is 1. The summed E-state index contributed by atoms with van der Waals surface area (Å²) >= 11 is 0. The van der Waals surface area contributed by atoms with E-state index in [1.54, 1.807) is 0 Å². The molecule has 23 heavy (non-hydrogen) atoms. The van der Waals surface area contributed by atoms with E-state index in [-0.39, 0.29) is 23.5 Å². The Balaban J connectivity index is 2.30. The zero-order valence-corrected chi connectivity index (χ0v) is 14.5. The largest absolute Gasteiger partial charge is 0.465 e. The second kappa shape index (κ2) is 6.59. The highest BCUT2D eigenvalue weighted by atomic mass is 16.5. The normalized spacial score (nSPS) is 20.4. The number of esters is 1. The summed E-state index contributed by atoms with van der Waals surface area (Å²) in [7, 11) is 4.11. The molecular weight excluding hydrogens is 290 g/mol. The molecule has 124 valence electrons. The Labute approximate surface area is 138 Å². The molecule has 1 aromatic carbocycles. The van der Waals surface area contributed by atoms with E-state index in [1.165, 1.54) is 6.92 Å². The van der Waals surface area contributed by atoms with Gasteiger partial charge in [0.1, 0.15) is 0 Å². The number of fused-ring (bicyclic) bond motifs is 1. The van der Waals surface area contributed by atoms with Crippen LogP contribution in [0.3, 0.4) is 0 Å². The molecule has 0 aromatic heterocycles. The lowest BCUT2D eigenvalue weighted by Gasteiger charge is -2.43. The lowest BCUT2D eigenvalue weighted by molar-refractivity contribution is -0.144. The molecule has 1 N–H and O–H groups in total. The van der Waals surface area contributed by atoms with Crippen molar-refractivity contribution in [3.63, 3.8) is 0 Å².